The molecule has 17 nitrogen and oxygen atoms in total. The molecule has 5 atom stereocenters. The van der Waals surface area contributed by atoms with E-state index in [9.17, 15) is 43.2 Å². The van der Waals surface area contributed by atoms with Crippen LogP contribution in [0.3, 0.4) is 0 Å². The van der Waals surface area contributed by atoms with Crippen molar-refractivity contribution in [2.75, 3.05) is 39.6 Å². The SMILES string of the molecule is CCCCCCCCCCCCCCCCCCCCCCC(=O)OC[C@H](COP(=O)(O)OC[C@@H](O)COP(=O)(O)OC[C@@H](COC(=O)CCCCCCC)OC(=O)CCCCCCCCCCCCCCCCCCC)OC(=O)CCCCCCCCCCCCCCCCCCCCCC. The number of aliphatic hydroxyl groups excluding tert-OH is 1. The van der Waals surface area contributed by atoms with Gasteiger partial charge in [0.25, 0.3) is 0 Å². The summed E-state index contributed by atoms with van der Waals surface area (Å²) in [5.74, 6) is -2.11. The quantitative estimate of drug-likeness (QED) is 0.0222. The highest BCUT2D eigenvalue weighted by Crippen LogP contribution is 2.45. The number of carbonyl (C=O) groups is 4. The Morgan fingerprint density at radius 1 is 0.235 bits per heavy atom. The number of carbonyl (C=O) groups excluding carboxylic acids is 4. The maximum atomic E-state index is 13.1. The van der Waals surface area contributed by atoms with E-state index in [0.717, 1.165) is 96.3 Å². The summed E-state index contributed by atoms with van der Waals surface area (Å²) in [5, 5.41) is 10.6. The molecule has 0 fully saturated rings. The third kappa shape index (κ3) is 76.3. The van der Waals surface area contributed by atoms with Gasteiger partial charge < -0.3 is 33.8 Å². The molecule has 0 rings (SSSR count). The molecule has 3 N–H and O–H groups in total. The summed E-state index contributed by atoms with van der Waals surface area (Å²) in [6, 6.07) is 0. The average molecular weight is 1490 g/mol. The molecule has 0 amide bonds. The maximum absolute atomic E-state index is 13.1. The van der Waals surface area contributed by atoms with Crippen molar-refractivity contribution in [2.24, 2.45) is 0 Å². The maximum Gasteiger partial charge on any atom is 0.472 e. The molecule has 0 radical (unpaired) electrons. The van der Waals surface area contributed by atoms with Crippen LogP contribution in [0.1, 0.15) is 451 Å². The molecule has 606 valence electrons. The number of ether oxygens (including phenoxy) is 4. The molecule has 0 aliphatic carbocycles. The fourth-order valence-corrected chi connectivity index (χ4v) is 14.6. The number of hydrogen-bond donors (Lipinski definition) is 3. The first kappa shape index (κ1) is 100. The smallest absolute Gasteiger partial charge is 0.462 e. The minimum Gasteiger partial charge on any atom is -0.462 e. The van der Waals surface area contributed by atoms with Crippen molar-refractivity contribution >= 4 is 39.5 Å². The lowest BCUT2D eigenvalue weighted by atomic mass is 10.0. The van der Waals surface area contributed by atoms with Gasteiger partial charge in [0.05, 0.1) is 26.4 Å². The Labute approximate surface area is 626 Å². The third-order valence-electron chi connectivity index (χ3n) is 19.6. The number of esters is 4. The largest absolute Gasteiger partial charge is 0.472 e. The summed E-state index contributed by atoms with van der Waals surface area (Å²) in [6.45, 7) is 4.95. The van der Waals surface area contributed by atoms with Crippen molar-refractivity contribution in [3.63, 3.8) is 0 Å². The average Bonchev–Trinajstić information content (AvgIpc) is 0.922. The third-order valence-corrected chi connectivity index (χ3v) is 21.5. The normalized spacial score (nSPS) is 13.8. The van der Waals surface area contributed by atoms with Crippen LogP contribution >= 0.6 is 15.6 Å². The predicted octanol–water partition coefficient (Wildman–Crippen LogP) is 25.4. The van der Waals surface area contributed by atoms with Gasteiger partial charge in [0.2, 0.25) is 0 Å². The van der Waals surface area contributed by atoms with Crippen molar-refractivity contribution in [3.05, 3.63) is 0 Å². The molecule has 0 aliphatic rings. The molecular formula is C83H162O17P2. The topological polar surface area (TPSA) is 237 Å². The van der Waals surface area contributed by atoms with E-state index in [1.54, 1.807) is 0 Å². The minimum absolute atomic E-state index is 0.108. The number of rotatable bonds is 84. The molecule has 0 saturated carbocycles. The van der Waals surface area contributed by atoms with E-state index in [0.29, 0.717) is 25.7 Å². The fourth-order valence-electron chi connectivity index (χ4n) is 13.0. The number of phosphoric ester groups is 2. The van der Waals surface area contributed by atoms with Crippen molar-refractivity contribution in [1.82, 2.24) is 0 Å². The van der Waals surface area contributed by atoms with Gasteiger partial charge >= 0.3 is 39.5 Å². The van der Waals surface area contributed by atoms with Crippen LogP contribution in [0.2, 0.25) is 0 Å². The van der Waals surface area contributed by atoms with E-state index >= 15 is 0 Å². The molecule has 0 spiro atoms. The summed E-state index contributed by atoms with van der Waals surface area (Å²) >= 11 is 0. The molecule has 0 aromatic rings. The van der Waals surface area contributed by atoms with E-state index in [1.165, 1.54) is 276 Å². The van der Waals surface area contributed by atoms with Crippen LogP contribution < -0.4 is 0 Å². The van der Waals surface area contributed by atoms with Crippen molar-refractivity contribution in [3.8, 4) is 0 Å². The van der Waals surface area contributed by atoms with Gasteiger partial charge in [0.15, 0.2) is 12.2 Å². The zero-order chi connectivity index (χ0) is 74.6. The van der Waals surface area contributed by atoms with Crippen molar-refractivity contribution in [2.45, 2.75) is 470 Å². The van der Waals surface area contributed by atoms with Crippen LogP contribution in [-0.4, -0.2) is 96.7 Å². The van der Waals surface area contributed by atoms with Crippen LogP contribution in [0.25, 0.3) is 0 Å². The van der Waals surface area contributed by atoms with E-state index in [-0.39, 0.29) is 25.7 Å². The highest BCUT2D eigenvalue weighted by atomic mass is 31.2. The summed E-state index contributed by atoms with van der Waals surface area (Å²) in [7, 11) is -9.91. The van der Waals surface area contributed by atoms with Crippen LogP contribution in [-0.2, 0) is 65.4 Å². The predicted molar refractivity (Wildman–Crippen MR) is 419 cm³/mol. The van der Waals surface area contributed by atoms with Crippen LogP contribution in [0.15, 0.2) is 0 Å². The summed E-state index contributed by atoms with van der Waals surface area (Å²) in [5.41, 5.74) is 0. The molecule has 0 bridgehead atoms. The Morgan fingerprint density at radius 3 is 0.578 bits per heavy atom. The van der Waals surface area contributed by atoms with Gasteiger partial charge in [-0.3, -0.25) is 37.3 Å². The molecule has 0 heterocycles. The van der Waals surface area contributed by atoms with Crippen LogP contribution in [0, 0.1) is 0 Å². The summed E-state index contributed by atoms with van der Waals surface area (Å²) in [6.07, 6.45) is 71.4. The monoisotopic (exact) mass is 1490 g/mol. The minimum atomic E-state index is -4.96. The first-order chi connectivity index (χ1) is 49.7. The zero-order valence-corrected chi connectivity index (χ0v) is 68.4. The van der Waals surface area contributed by atoms with Crippen molar-refractivity contribution in [1.29, 1.82) is 0 Å². The standard InChI is InChI=1S/C83H162O17P2/c1-5-9-13-17-20-23-26-29-32-35-37-39-42-44-47-50-53-56-60-64-68-81(86)94-74-79(100-83(88)70-66-62-58-55-52-49-46-43-40-38-36-33-30-27-24-21-18-14-10-6-2)76-98-102(91,92)96-72-77(84)71-95-101(89,90)97-75-78(73-93-80(85)67-63-59-16-12-8-4)99-82(87)69-65-61-57-54-51-48-45-41-34-31-28-25-22-19-15-11-7-3/h77-79,84H,5-76H2,1-4H3,(H,89,90)(H,91,92)/t77-,78+,79+/m0/s1. The van der Waals surface area contributed by atoms with Gasteiger partial charge in [0, 0.05) is 25.7 Å². The second kappa shape index (κ2) is 77.2. The molecule has 19 heteroatoms. The lowest BCUT2D eigenvalue weighted by molar-refractivity contribution is -0.161. The zero-order valence-electron chi connectivity index (χ0n) is 66.6. The molecule has 0 saturated heterocycles. The van der Waals surface area contributed by atoms with Gasteiger partial charge in [0.1, 0.15) is 19.3 Å². The molecule has 2 unspecified atom stereocenters. The summed E-state index contributed by atoms with van der Waals surface area (Å²) in [4.78, 5) is 72.8. The second-order valence-corrected chi connectivity index (χ2v) is 32.8. The molecular weight excluding hydrogens is 1330 g/mol. The Kier molecular flexibility index (Phi) is 75.8. The number of hydrogen-bond acceptors (Lipinski definition) is 15. The second-order valence-electron chi connectivity index (χ2n) is 29.9. The number of phosphoric acid groups is 2. The van der Waals surface area contributed by atoms with E-state index < -0.39 is 97.5 Å². The molecule has 102 heavy (non-hydrogen) atoms. The lowest BCUT2D eigenvalue weighted by Crippen LogP contribution is -2.30. The van der Waals surface area contributed by atoms with E-state index in [4.69, 9.17) is 37.0 Å². The summed E-state index contributed by atoms with van der Waals surface area (Å²) < 4.78 is 68.6. The van der Waals surface area contributed by atoms with E-state index in [2.05, 4.69) is 27.7 Å². The number of unbranched alkanes of at least 4 members (excludes halogenated alkanes) is 58. The van der Waals surface area contributed by atoms with Gasteiger partial charge in [-0.25, -0.2) is 9.13 Å². The fraction of sp³-hybridized carbons (Fsp3) is 0.952. The van der Waals surface area contributed by atoms with Crippen LogP contribution in [0.4, 0.5) is 0 Å². The van der Waals surface area contributed by atoms with Crippen LogP contribution in [0.5, 0.6) is 0 Å². The Balaban J connectivity index is 5.10. The Morgan fingerprint density at radius 2 is 0.392 bits per heavy atom. The highest BCUT2D eigenvalue weighted by molar-refractivity contribution is 7.47. The lowest BCUT2D eigenvalue weighted by Gasteiger charge is -2.21. The first-order valence-electron chi connectivity index (χ1n) is 43.3. The molecule has 0 aliphatic heterocycles. The van der Waals surface area contributed by atoms with Gasteiger partial charge in [-0.2, -0.15) is 0 Å². The first-order valence-corrected chi connectivity index (χ1v) is 46.3. The van der Waals surface area contributed by atoms with Gasteiger partial charge in [-0.1, -0.05) is 400 Å². The number of aliphatic hydroxyl groups is 1. The Bertz CT molecular complexity index is 1930. The highest BCUT2D eigenvalue weighted by Gasteiger charge is 2.30. The van der Waals surface area contributed by atoms with Crippen molar-refractivity contribution < 1.29 is 80.2 Å². The molecule has 0 aromatic carbocycles. The molecule has 0 aromatic heterocycles. The van der Waals surface area contributed by atoms with Gasteiger partial charge in [-0.15, -0.1) is 0 Å². The van der Waals surface area contributed by atoms with E-state index in [1.807, 2.05) is 0 Å². The Hall–Kier alpha value is -1.94. The van der Waals surface area contributed by atoms with Gasteiger partial charge in [-0.05, 0) is 25.7 Å².